The molecule has 0 spiro atoms. The van der Waals surface area contributed by atoms with E-state index in [1.165, 1.54) is 4.90 Å². The van der Waals surface area contributed by atoms with Crippen molar-refractivity contribution in [1.29, 1.82) is 5.26 Å². The zero-order chi connectivity index (χ0) is 16.7. The van der Waals surface area contributed by atoms with E-state index in [2.05, 4.69) is 5.32 Å². The molecular weight excluding hydrogens is 274 g/mol. The molecule has 0 aliphatic heterocycles. The SMILES string of the molecule is CC(C)(C)OC(=O)NCCN(CC#N)C(=O)OC(C)(C)C. The third kappa shape index (κ3) is 10.5. The Morgan fingerprint density at radius 1 is 1.10 bits per heavy atom. The molecule has 7 heteroatoms. The number of amides is 2. The number of alkyl carbamates (subject to hydrolysis) is 1. The van der Waals surface area contributed by atoms with E-state index in [-0.39, 0.29) is 19.6 Å². The molecule has 0 bridgehead atoms. The second kappa shape index (κ2) is 7.72. The van der Waals surface area contributed by atoms with Crippen LogP contribution in [0.1, 0.15) is 41.5 Å². The maximum Gasteiger partial charge on any atom is 0.411 e. The van der Waals surface area contributed by atoms with E-state index in [1.54, 1.807) is 41.5 Å². The van der Waals surface area contributed by atoms with Gasteiger partial charge in [0.15, 0.2) is 0 Å². The van der Waals surface area contributed by atoms with Crippen LogP contribution < -0.4 is 5.32 Å². The molecule has 0 fully saturated rings. The normalized spacial score (nSPS) is 11.3. The standard InChI is InChI=1S/C14H25N3O4/c1-13(2,3)20-11(18)16-8-10-17(9-7-15)12(19)21-14(4,5)6/h8-10H2,1-6H3,(H,16,18). The largest absolute Gasteiger partial charge is 0.444 e. The summed E-state index contributed by atoms with van der Waals surface area (Å²) < 4.78 is 10.3. The summed E-state index contributed by atoms with van der Waals surface area (Å²) in [5.41, 5.74) is -1.22. The van der Waals surface area contributed by atoms with Gasteiger partial charge in [0.05, 0.1) is 6.07 Å². The van der Waals surface area contributed by atoms with Gasteiger partial charge in [-0.05, 0) is 41.5 Å². The molecule has 0 aliphatic rings. The lowest BCUT2D eigenvalue weighted by atomic mass is 10.2. The van der Waals surface area contributed by atoms with E-state index in [4.69, 9.17) is 14.7 Å². The van der Waals surface area contributed by atoms with Crippen LogP contribution in [0, 0.1) is 11.3 Å². The molecule has 0 aromatic carbocycles. The van der Waals surface area contributed by atoms with Crippen LogP contribution in [0.3, 0.4) is 0 Å². The van der Waals surface area contributed by atoms with Crippen LogP contribution in [-0.4, -0.2) is 47.9 Å². The molecule has 2 amide bonds. The molecule has 0 aromatic rings. The van der Waals surface area contributed by atoms with Gasteiger partial charge >= 0.3 is 12.2 Å². The molecule has 0 radical (unpaired) electrons. The van der Waals surface area contributed by atoms with E-state index < -0.39 is 23.4 Å². The average molecular weight is 299 g/mol. The summed E-state index contributed by atoms with van der Waals surface area (Å²) in [5, 5.41) is 11.3. The number of carbonyl (C=O) groups is 2. The van der Waals surface area contributed by atoms with Gasteiger partial charge in [-0.1, -0.05) is 0 Å². The van der Waals surface area contributed by atoms with Gasteiger partial charge in [0.25, 0.3) is 0 Å². The van der Waals surface area contributed by atoms with Crippen molar-refractivity contribution in [3.63, 3.8) is 0 Å². The van der Waals surface area contributed by atoms with E-state index in [9.17, 15) is 9.59 Å². The maximum absolute atomic E-state index is 11.9. The molecule has 0 saturated carbocycles. The van der Waals surface area contributed by atoms with Gasteiger partial charge in [-0.3, -0.25) is 4.90 Å². The number of nitrogens with one attached hydrogen (secondary N) is 1. The van der Waals surface area contributed by atoms with Gasteiger partial charge in [0.2, 0.25) is 0 Å². The number of nitrogens with zero attached hydrogens (tertiary/aromatic N) is 2. The van der Waals surface area contributed by atoms with E-state index in [0.717, 1.165) is 0 Å². The molecule has 0 aromatic heterocycles. The number of nitriles is 1. The first-order chi connectivity index (χ1) is 9.44. The van der Waals surface area contributed by atoms with Gasteiger partial charge in [-0.15, -0.1) is 0 Å². The summed E-state index contributed by atoms with van der Waals surface area (Å²) in [5.74, 6) is 0. The predicted octanol–water partition coefficient (Wildman–Crippen LogP) is 2.27. The molecule has 21 heavy (non-hydrogen) atoms. The lowest BCUT2D eigenvalue weighted by Gasteiger charge is -2.26. The van der Waals surface area contributed by atoms with Crippen LogP contribution >= 0.6 is 0 Å². The summed E-state index contributed by atoms with van der Waals surface area (Å²) in [6.07, 6.45) is -1.15. The molecule has 0 atom stereocenters. The molecule has 120 valence electrons. The van der Waals surface area contributed by atoms with E-state index in [0.29, 0.717) is 0 Å². The first-order valence-corrected chi connectivity index (χ1v) is 6.76. The van der Waals surface area contributed by atoms with Crippen LogP contribution in [0.5, 0.6) is 0 Å². The van der Waals surface area contributed by atoms with Crippen LogP contribution in [-0.2, 0) is 9.47 Å². The molecule has 1 N–H and O–H groups in total. The highest BCUT2D eigenvalue weighted by Crippen LogP contribution is 2.09. The zero-order valence-corrected chi connectivity index (χ0v) is 13.6. The van der Waals surface area contributed by atoms with Crippen molar-refractivity contribution in [1.82, 2.24) is 10.2 Å². The van der Waals surface area contributed by atoms with Crippen molar-refractivity contribution >= 4 is 12.2 Å². The summed E-state index contributed by atoms with van der Waals surface area (Å²) in [4.78, 5) is 24.6. The third-order valence-corrected chi connectivity index (χ3v) is 1.96. The number of rotatable bonds is 4. The van der Waals surface area contributed by atoms with Crippen LogP contribution in [0.2, 0.25) is 0 Å². The Labute approximate surface area is 126 Å². The Morgan fingerprint density at radius 3 is 2.05 bits per heavy atom. The number of carbonyl (C=O) groups excluding carboxylic acids is 2. The van der Waals surface area contributed by atoms with Crippen molar-refractivity contribution in [2.75, 3.05) is 19.6 Å². The molecule has 0 heterocycles. The minimum atomic E-state index is -0.636. The smallest absolute Gasteiger partial charge is 0.411 e. The summed E-state index contributed by atoms with van der Waals surface area (Å²) in [6.45, 7) is 10.7. The highest BCUT2D eigenvalue weighted by molar-refractivity contribution is 5.69. The van der Waals surface area contributed by atoms with Crippen molar-refractivity contribution in [2.45, 2.75) is 52.7 Å². The van der Waals surface area contributed by atoms with E-state index >= 15 is 0 Å². The molecule has 0 rings (SSSR count). The quantitative estimate of drug-likeness (QED) is 0.804. The highest BCUT2D eigenvalue weighted by Gasteiger charge is 2.22. The molecule has 0 unspecified atom stereocenters. The number of hydrogen-bond acceptors (Lipinski definition) is 5. The van der Waals surface area contributed by atoms with Gasteiger partial charge in [0, 0.05) is 13.1 Å². The van der Waals surface area contributed by atoms with Gasteiger partial charge in [-0.2, -0.15) is 5.26 Å². The average Bonchev–Trinajstić information content (AvgIpc) is 2.22. The number of hydrogen-bond donors (Lipinski definition) is 1. The molecule has 0 saturated heterocycles. The minimum Gasteiger partial charge on any atom is -0.444 e. The summed E-state index contributed by atoms with van der Waals surface area (Å²) in [6, 6.07) is 1.89. The predicted molar refractivity (Wildman–Crippen MR) is 77.7 cm³/mol. The topological polar surface area (TPSA) is 91.7 Å². The lowest BCUT2D eigenvalue weighted by Crippen LogP contribution is -2.42. The minimum absolute atomic E-state index is 0.106. The van der Waals surface area contributed by atoms with Crippen molar-refractivity contribution < 1.29 is 19.1 Å². The number of ether oxygens (including phenoxy) is 2. The van der Waals surface area contributed by atoms with Crippen molar-refractivity contribution in [2.24, 2.45) is 0 Å². The van der Waals surface area contributed by atoms with Gasteiger partial charge in [0.1, 0.15) is 17.7 Å². The Balaban J connectivity index is 4.32. The lowest BCUT2D eigenvalue weighted by molar-refractivity contribution is 0.0264. The monoisotopic (exact) mass is 299 g/mol. The van der Waals surface area contributed by atoms with E-state index in [1.807, 2.05) is 6.07 Å². The highest BCUT2D eigenvalue weighted by atomic mass is 16.6. The van der Waals surface area contributed by atoms with Gasteiger partial charge < -0.3 is 14.8 Å². The first kappa shape index (κ1) is 19.0. The first-order valence-electron chi connectivity index (χ1n) is 6.76. The fourth-order valence-electron chi connectivity index (χ4n) is 1.25. The molecule has 7 nitrogen and oxygen atoms in total. The summed E-state index contributed by atoms with van der Waals surface area (Å²) >= 11 is 0. The zero-order valence-electron chi connectivity index (χ0n) is 13.6. The Bertz CT molecular complexity index is 402. The van der Waals surface area contributed by atoms with Gasteiger partial charge in [-0.25, -0.2) is 9.59 Å². The second-order valence-corrected chi connectivity index (χ2v) is 6.49. The fraction of sp³-hybridized carbons (Fsp3) is 0.786. The fourth-order valence-corrected chi connectivity index (χ4v) is 1.25. The van der Waals surface area contributed by atoms with Crippen LogP contribution in [0.15, 0.2) is 0 Å². The van der Waals surface area contributed by atoms with Crippen molar-refractivity contribution in [3.05, 3.63) is 0 Å². The van der Waals surface area contributed by atoms with Crippen molar-refractivity contribution in [3.8, 4) is 6.07 Å². The Morgan fingerprint density at radius 2 is 1.62 bits per heavy atom. The van der Waals surface area contributed by atoms with Crippen LogP contribution in [0.25, 0.3) is 0 Å². The third-order valence-electron chi connectivity index (χ3n) is 1.96. The summed E-state index contributed by atoms with van der Waals surface area (Å²) in [7, 11) is 0. The maximum atomic E-state index is 11.9. The molecular formula is C14H25N3O4. The molecule has 0 aliphatic carbocycles. The van der Waals surface area contributed by atoms with Crippen LogP contribution in [0.4, 0.5) is 9.59 Å². The second-order valence-electron chi connectivity index (χ2n) is 6.49. The Hall–Kier alpha value is -1.97. The Kier molecular flexibility index (Phi) is 6.99.